The Hall–Kier alpha value is -0.781. The molecule has 4 aromatic rings. The molecule has 0 atom stereocenters. The summed E-state index contributed by atoms with van der Waals surface area (Å²) in [6.07, 6.45) is 5.03. The number of halogens is 2. The quantitative estimate of drug-likeness (QED) is 0.142. The number of rotatable bonds is 6. The van der Waals surface area contributed by atoms with Crippen LogP contribution in [-0.4, -0.2) is 63.3 Å². The molecule has 0 aliphatic heterocycles. The first kappa shape index (κ1) is 30.4. The number of aryl methyl sites for hydroxylation is 2. The van der Waals surface area contributed by atoms with E-state index in [0.717, 1.165) is 41.8 Å². The first-order valence-electron chi connectivity index (χ1n) is 10.2. The molecule has 0 spiro atoms. The number of thiophene rings is 2. The topological polar surface area (TPSA) is 86.1 Å². The van der Waals surface area contributed by atoms with Crippen molar-refractivity contribution in [1.29, 1.82) is 0 Å². The Morgan fingerprint density at radius 1 is 0.800 bits per heavy atom. The van der Waals surface area contributed by atoms with Gasteiger partial charge in [-0.15, -0.1) is 32.9 Å². The van der Waals surface area contributed by atoms with Gasteiger partial charge in [0.1, 0.15) is 0 Å². The van der Waals surface area contributed by atoms with E-state index in [1.807, 2.05) is 38.1 Å². The van der Waals surface area contributed by atoms with E-state index in [0.29, 0.717) is 10.3 Å². The van der Waals surface area contributed by atoms with Gasteiger partial charge in [0.15, 0.2) is 11.6 Å². The van der Waals surface area contributed by atoms with Gasteiger partial charge < -0.3 is 25.3 Å². The molecule has 4 heterocycles. The number of hydrogen-bond donors (Lipinski definition) is 0. The molecule has 35 heavy (non-hydrogen) atoms. The van der Waals surface area contributed by atoms with Gasteiger partial charge in [-0.25, -0.2) is 9.35 Å². The number of nitrogens with zero attached hydrogens (tertiary/aromatic N) is 8. The molecule has 8 nitrogen and oxygen atoms in total. The van der Waals surface area contributed by atoms with Crippen molar-refractivity contribution >= 4 is 113 Å². The Morgan fingerprint density at radius 2 is 1.17 bits per heavy atom. The van der Waals surface area contributed by atoms with Crippen LogP contribution in [0.5, 0.6) is 0 Å². The van der Waals surface area contributed by atoms with E-state index >= 15 is 0 Å². The third-order valence-electron chi connectivity index (χ3n) is 3.77. The summed E-state index contributed by atoms with van der Waals surface area (Å²) in [6, 6.07) is 7.93. The van der Waals surface area contributed by atoms with Gasteiger partial charge in [-0.05, 0) is 56.1 Å². The van der Waals surface area contributed by atoms with Gasteiger partial charge in [-0.2, -0.15) is 20.4 Å². The van der Waals surface area contributed by atoms with Crippen molar-refractivity contribution in [3.8, 4) is 0 Å². The molecule has 0 fully saturated rings. The van der Waals surface area contributed by atoms with Crippen LogP contribution >= 0.6 is 54.5 Å². The summed E-state index contributed by atoms with van der Waals surface area (Å²) in [7, 11) is 0. The van der Waals surface area contributed by atoms with E-state index in [2.05, 4.69) is 72.3 Å². The summed E-state index contributed by atoms with van der Waals surface area (Å²) >= 11 is 20.3. The van der Waals surface area contributed by atoms with Crippen molar-refractivity contribution < 1.29 is 0 Å². The van der Waals surface area contributed by atoms with E-state index in [1.165, 1.54) is 0 Å². The van der Waals surface area contributed by atoms with Crippen LogP contribution in [0, 0.1) is 0 Å². The zero-order valence-electron chi connectivity index (χ0n) is 19.3. The predicted molar refractivity (Wildman–Crippen MR) is 158 cm³/mol. The molecule has 0 unspecified atom stereocenters. The second-order valence-electron chi connectivity index (χ2n) is 6.40. The normalized spacial score (nSPS) is 10.7. The maximum atomic E-state index is 5.03. The molecular formula is C20H22Br2N8S4Sn. The molecule has 0 N–H and O–H groups in total. The Balaban J connectivity index is 0.000000222. The molecule has 4 rings (SSSR count). The molecular weight excluding hydrogens is 759 g/mol. The van der Waals surface area contributed by atoms with Gasteiger partial charge >= 0.3 is 31.0 Å². The van der Waals surface area contributed by atoms with Crippen molar-refractivity contribution in [2.45, 2.75) is 46.9 Å². The van der Waals surface area contributed by atoms with Crippen LogP contribution in [0.4, 0.5) is 0 Å². The fraction of sp³-hybridized carbons (Fsp3) is 0.300. The minimum absolute atomic E-state index is 0.230. The van der Waals surface area contributed by atoms with E-state index in [9.17, 15) is 0 Å². The van der Waals surface area contributed by atoms with Gasteiger partial charge in [0, 0.05) is 32.9 Å². The number of hydrogen-bond acceptors (Lipinski definition) is 10. The van der Waals surface area contributed by atoms with Crippen LogP contribution in [0.2, 0.25) is 9.88 Å². The number of aromatic nitrogens is 6. The van der Waals surface area contributed by atoms with E-state index in [4.69, 9.17) is 25.3 Å². The zero-order valence-corrected chi connectivity index (χ0v) is 28.6. The van der Waals surface area contributed by atoms with E-state index in [-0.39, 0.29) is 21.1 Å². The van der Waals surface area contributed by atoms with Gasteiger partial charge in [-0.1, -0.05) is 13.8 Å². The molecule has 0 saturated carbocycles. The van der Waals surface area contributed by atoms with Crippen LogP contribution in [0.1, 0.15) is 35.3 Å². The summed E-state index contributed by atoms with van der Waals surface area (Å²) in [5.74, 6) is 1.55. The Bertz CT molecular complexity index is 1150. The van der Waals surface area contributed by atoms with Gasteiger partial charge in [0.25, 0.3) is 0 Å². The molecule has 0 radical (unpaired) electrons. The third-order valence-corrected chi connectivity index (χ3v) is 7.40. The van der Waals surface area contributed by atoms with E-state index < -0.39 is 0 Å². The Morgan fingerprint density at radius 3 is 1.46 bits per heavy atom. The van der Waals surface area contributed by atoms with Gasteiger partial charge in [0.2, 0.25) is 0 Å². The Kier molecular flexibility index (Phi) is 14.0. The van der Waals surface area contributed by atoms with Crippen molar-refractivity contribution in [2.24, 2.45) is 10.2 Å². The van der Waals surface area contributed by atoms with Crippen LogP contribution in [0.25, 0.3) is 0 Å². The predicted octanol–water partition coefficient (Wildman–Crippen LogP) is 5.69. The summed E-state index contributed by atoms with van der Waals surface area (Å²) in [4.78, 5) is 6.70. The SMILES string of the molecule is CCc1nnc([S-])n1/N=C/c1ccc(Br)s1.CCc1nnc([S-])n1/N=C/c1ccc(Br)s1.[CH3][Sn+2][CH3]. The average molecular weight is 781 g/mol. The minimum atomic E-state index is 0.230. The fourth-order valence-electron chi connectivity index (χ4n) is 2.29. The van der Waals surface area contributed by atoms with Crippen LogP contribution < -0.4 is 0 Å². The maximum absolute atomic E-state index is 5.03. The van der Waals surface area contributed by atoms with Crippen LogP contribution in [0.15, 0.2) is 52.4 Å². The third kappa shape index (κ3) is 9.89. The van der Waals surface area contributed by atoms with Crippen molar-refractivity contribution in [1.82, 2.24) is 29.7 Å². The van der Waals surface area contributed by atoms with Crippen molar-refractivity contribution in [2.75, 3.05) is 0 Å². The molecule has 0 aliphatic rings. The zero-order chi connectivity index (χ0) is 25.8. The molecule has 0 aromatic carbocycles. The fourth-order valence-corrected chi connectivity index (χ4v) is 5.26. The molecule has 4 aromatic heterocycles. The molecule has 15 heteroatoms. The van der Waals surface area contributed by atoms with Gasteiger partial charge in [0.05, 0.1) is 20.0 Å². The summed E-state index contributed by atoms with van der Waals surface area (Å²) in [5.41, 5.74) is 0. The first-order valence-corrected chi connectivity index (χ1v) is 20.0. The summed E-state index contributed by atoms with van der Waals surface area (Å²) in [5, 5.41) is 24.8. The standard InChI is InChI=1S/2C9H9BrN4S2.2CH3.Sn/c2*1-2-8-12-13-9(15)14(8)11-5-6-3-4-7(10)16-6;;;/h2*3-5H,2H2,1H3,(H,13,15);2*1H3;/q;;;;+2/p-2/b2*11-5+;;;. The van der Waals surface area contributed by atoms with Gasteiger partial charge in [-0.3, -0.25) is 0 Å². The molecule has 0 amide bonds. The van der Waals surface area contributed by atoms with E-state index in [1.54, 1.807) is 44.5 Å². The molecule has 0 saturated heterocycles. The molecule has 0 bridgehead atoms. The molecule has 0 aliphatic carbocycles. The summed E-state index contributed by atoms with van der Waals surface area (Å²) < 4.78 is 5.32. The van der Waals surface area contributed by atoms with Crippen LogP contribution in [0.3, 0.4) is 0 Å². The van der Waals surface area contributed by atoms with Crippen LogP contribution in [-0.2, 0) is 38.1 Å². The average Bonchev–Trinajstić information content (AvgIpc) is 3.61. The van der Waals surface area contributed by atoms with Crippen molar-refractivity contribution in [3.63, 3.8) is 0 Å². The molecule has 184 valence electrons. The monoisotopic (exact) mass is 780 g/mol. The second kappa shape index (κ2) is 16.1. The first-order chi connectivity index (χ1) is 16.8. The second-order valence-corrected chi connectivity index (χ2v) is 15.0. The van der Waals surface area contributed by atoms with Crippen molar-refractivity contribution in [3.05, 3.63) is 53.2 Å². The summed E-state index contributed by atoms with van der Waals surface area (Å²) in [6.45, 7) is 3.99. The Labute approximate surface area is 251 Å².